The number of anilines is 1. The summed E-state index contributed by atoms with van der Waals surface area (Å²) >= 11 is 0. The second-order valence-corrected chi connectivity index (χ2v) is 4.61. The summed E-state index contributed by atoms with van der Waals surface area (Å²) in [5.74, 6) is -0.0575. The fraction of sp³-hybridized carbons (Fsp3) is 0.188. The number of para-hydroxylation sites is 1. The summed E-state index contributed by atoms with van der Waals surface area (Å²) in [6.07, 6.45) is 1.61. The molecule has 1 aromatic carbocycles. The molecule has 0 radical (unpaired) electrons. The summed E-state index contributed by atoms with van der Waals surface area (Å²) in [6.45, 7) is 1.59. The SMILES string of the molecule is Cc1cc(NC(=O)CNC(=O)COc2ccccc2)ccn1. The molecule has 0 unspecified atom stereocenters. The van der Waals surface area contributed by atoms with E-state index in [0.29, 0.717) is 11.4 Å². The summed E-state index contributed by atoms with van der Waals surface area (Å²) in [6, 6.07) is 12.4. The molecule has 1 aromatic heterocycles. The van der Waals surface area contributed by atoms with Crippen LogP contribution in [0, 0.1) is 6.92 Å². The lowest BCUT2D eigenvalue weighted by molar-refractivity contribution is -0.125. The van der Waals surface area contributed by atoms with Crippen molar-refractivity contribution in [3.05, 3.63) is 54.4 Å². The number of aryl methyl sites for hydroxylation is 1. The van der Waals surface area contributed by atoms with Gasteiger partial charge in [0.25, 0.3) is 5.91 Å². The zero-order valence-electron chi connectivity index (χ0n) is 12.2. The van der Waals surface area contributed by atoms with Gasteiger partial charge < -0.3 is 15.4 Å². The number of rotatable bonds is 6. The average molecular weight is 299 g/mol. The van der Waals surface area contributed by atoms with Crippen molar-refractivity contribution in [1.29, 1.82) is 0 Å². The van der Waals surface area contributed by atoms with Crippen molar-refractivity contribution >= 4 is 17.5 Å². The molecule has 0 saturated heterocycles. The summed E-state index contributed by atoms with van der Waals surface area (Å²) in [7, 11) is 0. The molecule has 0 aliphatic rings. The van der Waals surface area contributed by atoms with Gasteiger partial charge in [-0.2, -0.15) is 0 Å². The minimum Gasteiger partial charge on any atom is -0.484 e. The van der Waals surface area contributed by atoms with Gasteiger partial charge >= 0.3 is 0 Å². The number of nitrogens with zero attached hydrogens (tertiary/aromatic N) is 1. The first-order valence-corrected chi connectivity index (χ1v) is 6.80. The first-order valence-electron chi connectivity index (χ1n) is 6.80. The summed E-state index contributed by atoms with van der Waals surface area (Å²) in [5.41, 5.74) is 1.45. The predicted molar refractivity (Wildman–Crippen MR) is 82.6 cm³/mol. The number of ether oxygens (including phenoxy) is 1. The number of hydrogen-bond donors (Lipinski definition) is 2. The van der Waals surface area contributed by atoms with Crippen LogP contribution in [0.4, 0.5) is 5.69 Å². The molecule has 0 spiro atoms. The van der Waals surface area contributed by atoms with Crippen molar-refractivity contribution in [3.63, 3.8) is 0 Å². The Labute approximate surface area is 128 Å². The topological polar surface area (TPSA) is 80.3 Å². The van der Waals surface area contributed by atoms with E-state index in [0.717, 1.165) is 5.69 Å². The Kier molecular flexibility index (Phi) is 5.48. The molecule has 2 N–H and O–H groups in total. The van der Waals surface area contributed by atoms with Gasteiger partial charge in [-0.3, -0.25) is 14.6 Å². The van der Waals surface area contributed by atoms with Crippen molar-refractivity contribution in [2.75, 3.05) is 18.5 Å². The monoisotopic (exact) mass is 299 g/mol. The summed E-state index contributed by atoms with van der Waals surface area (Å²) in [5, 5.41) is 5.17. The lowest BCUT2D eigenvalue weighted by Crippen LogP contribution is -2.35. The number of aromatic nitrogens is 1. The molecular weight excluding hydrogens is 282 g/mol. The van der Waals surface area contributed by atoms with Crippen LogP contribution in [-0.2, 0) is 9.59 Å². The molecule has 0 saturated carbocycles. The van der Waals surface area contributed by atoms with E-state index in [-0.39, 0.29) is 25.0 Å². The van der Waals surface area contributed by atoms with Crippen LogP contribution in [0.5, 0.6) is 5.75 Å². The van der Waals surface area contributed by atoms with E-state index in [4.69, 9.17) is 4.74 Å². The number of nitrogens with one attached hydrogen (secondary N) is 2. The van der Waals surface area contributed by atoms with Gasteiger partial charge in [0, 0.05) is 17.6 Å². The van der Waals surface area contributed by atoms with Crippen LogP contribution in [0.1, 0.15) is 5.69 Å². The number of benzene rings is 1. The van der Waals surface area contributed by atoms with E-state index in [1.165, 1.54) is 0 Å². The van der Waals surface area contributed by atoms with Crippen molar-refractivity contribution in [1.82, 2.24) is 10.3 Å². The van der Waals surface area contributed by atoms with E-state index in [9.17, 15) is 9.59 Å². The summed E-state index contributed by atoms with van der Waals surface area (Å²) in [4.78, 5) is 27.4. The highest BCUT2D eigenvalue weighted by atomic mass is 16.5. The van der Waals surface area contributed by atoms with Crippen LogP contribution in [0.15, 0.2) is 48.7 Å². The van der Waals surface area contributed by atoms with Gasteiger partial charge in [0.05, 0.1) is 6.54 Å². The smallest absolute Gasteiger partial charge is 0.258 e. The number of hydrogen-bond acceptors (Lipinski definition) is 4. The second kappa shape index (κ2) is 7.78. The Morgan fingerprint density at radius 2 is 1.91 bits per heavy atom. The molecule has 114 valence electrons. The van der Waals surface area contributed by atoms with Crippen LogP contribution in [0.25, 0.3) is 0 Å². The molecular formula is C16H17N3O3. The van der Waals surface area contributed by atoms with E-state index < -0.39 is 0 Å². The van der Waals surface area contributed by atoms with Crippen LogP contribution in [-0.4, -0.2) is 29.9 Å². The average Bonchev–Trinajstić information content (AvgIpc) is 2.52. The maximum atomic E-state index is 11.7. The van der Waals surface area contributed by atoms with E-state index in [2.05, 4.69) is 15.6 Å². The number of carbonyl (C=O) groups is 2. The molecule has 0 atom stereocenters. The number of carbonyl (C=O) groups excluding carboxylic acids is 2. The third-order valence-corrected chi connectivity index (χ3v) is 2.74. The minimum atomic E-state index is -0.357. The van der Waals surface area contributed by atoms with Crippen LogP contribution in [0.2, 0.25) is 0 Å². The Morgan fingerprint density at radius 1 is 1.14 bits per heavy atom. The largest absolute Gasteiger partial charge is 0.484 e. The zero-order chi connectivity index (χ0) is 15.8. The lowest BCUT2D eigenvalue weighted by atomic mass is 10.3. The fourth-order valence-electron chi connectivity index (χ4n) is 1.72. The highest BCUT2D eigenvalue weighted by molar-refractivity contribution is 5.94. The molecule has 2 amide bonds. The lowest BCUT2D eigenvalue weighted by Gasteiger charge is -2.08. The molecule has 22 heavy (non-hydrogen) atoms. The van der Waals surface area contributed by atoms with Crippen molar-refractivity contribution < 1.29 is 14.3 Å². The molecule has 6 nitrogen and oxygen atoms in total. The van der Waals surface area contributed by atoms with Crippen LogP contribution in [0.3, 0.4) is 0 Å². The Morgan fingerprint density at radius 3 is 2.64 bits per heavy atom. The van der Waals surface area contributed by atoms with E-state index in [1.807, 2.05) is 25.1 Å². The van der Waals surface area contributed by atoms with Gasteiger partial charge in [0.1, 0.15) is 5.75 Å². The zero-order valence-corrected chi connectivity index (χ0v) is 12.2. The molecule has 0 fully saturated rings. The van der Waals surface area contributed by atoms with Crippen molar-refractivity contribution in [2.24, 2.45) is 0 Å². The van der Waals surface area contributed by atoms with Crippen molar-refractivity contribution in [2.45, 2.75) is 6.92 Å². The van der Waals surface area contributed by atoms with E-state index >= 15 is 0 Å². The molecule has 2 rings (SSSR count). The Hall–Kier alpha value is -2.89. The molecule has 0 aliphatic heterocycles. The summed E-state index contributed by atoms with van der Waals surface area (Å²) < 4.78 is 5.28. The maximum Gasteiger partial charge on any atom is 0.258 e. The highest BCUT2D eigenvalue weighted by Gasteiger charge is 2.07. The number of pyridine rings is 1. The highest BCUT2D eigenvalue weighted by Crippen LogP contribution is 2.08. The molecule has 0 aliphatic carbocycles. The van der Waals surface area contributed by atoms with Gasteiger partial charge in [0.15, 0.2) is 6.61 Å². The first-order chi connectivity index (χ1) is 10.6. The van der Waals surface area contributed by atoms with Gasteiger partial charge in [0.2, 0.25) is 5.91 Å². The van der Waals surface area contributed by atoms with Gasteiger partial charge in [-0.25, -0.2) is 0 Å². The van der Waals surface area contributed by atoms with Crippen molar-refractivity contribution in [3.8, 4) is 5.75 Å². The van der Waals surface area contributed by atoms with Crippen LogP contribution >= 0.6 is 0 Å². The van der Waals surface area contributed by atoms with E-state index in [1.54, 1.807) is 30.5 Å². The quantitative estimate of drug-likeness (QED) is 0.847. The standard InChI is InChI=1S/C16H17N3O3/c1-12-9-13(7-8-17-12)19-15(20)10-18-16(21)11-22-14-5-3-2-4-6-14/h2-9H,10-11H2,1H3,(H,18,21)(H,17,19,20). The molecule has 6 heteroatoms. The second-order valence-electron chi connectivity index (χ2n) is 4.61. The predicted octanol–water partition coefficient (Wildman–Crippen LogP) is 1.52. The molecule has 1 heterocycles. The third-order valence-electron chi connectivity index (χ3n) is 2.74. The maximum absolute atomic E-state index is 11.7. The molecule has 2 aromatic rings. The Bertz CT molecular complexity index is 644. The normalized spacial score (nSPS) is 9.86. The van der Waals surface area contributed by atoms with Gasteiger partial charge in [-0.15, -0.1) is 0 Å². The minimum absolute atomic E-state index is 0.113. The van der Waals surface area contributed by atoms with Crippen LogP contribution < -0.4 is 15.4 Å². The Balaban J connectivity index is 1.70. The molecule has 0 bridgehead atoms. The number of amides is 2. The third kappa shape index (κ3) is 5.24. The fourth-order valence-corrected chi connectivity index (χ4v) is 1.72. The van der Waals surface area contributed by atoms with Gasteiger partial charge in [-0.1, -0.05) is 18.2 Å². The van der Waals surface area contributed by atoms with Gasteiger partial charge in [-0.05, 0) is 31.2 Å². The first kappa shape index (κ1) is 15.5.